The summed E-state index contributed by atoms with van der Waals surface area (Å²) in [6.45, 7) is 12.3. The van der Waals surface area contributed by atoms with Crippen LogP contribution in [-0.2, 0) is 4.79 Å². The van der Waals surface area contributed by atoms with Crippen LogP contribution in [0.4, 0.5) is 0 Å². The summed E-state index contributed by atoms with van der Waals surface area (Å²) >= 11 is 3.76. The van der Waals surface area contributed by atoms with Gasteiger partial charge in [-0.05, 0) is 25.4 Å². The van der Waals surface area contributed by atoms with Crippen LogP contribution in [0.15, 0.2) is 0 Å². The molecule has 0 amide bonds. The van der Waals surface area contributed by atoms with Crippen molar-refractivity contribution in [1.82, 2.24) is 0 Å². The minimum absolute atomic E-state index is 0.00231. The molecular formula is C11H22OS2. The van der Waals surface area contributed by atoms with Crippen LogP contribution in [-0.4, -0.2) is 21.4 Å². The normalized spacial score (nSPS) is 13.0. The molecule has 0 fully saturated rings. The van der Waals surface area contributed by atoms with E-state index in [1.807, 2.05) is 23.5 Å². The van der Waals surface area contributed by atoms with Crippen LogP contribution in [0.5, 0.6) is 0 Å². The van der Waals surface area contributed by atoms with Gasteiger partial charge >= 0.3 is 0 Å². The minimum atomic E-state index is -0.256. The molecule has 0 bridgehead atoms. The van der Waals surface area contributed by atoms with E-state index in [-0.39, 0.29) is 15.3 Å². The Morgan fingerprint density at radius 3 is 1.64 bits per heavy atom. The predicted octanol–water partition coefficient (Wildman–Crippen LogP) is 3.82. The van der Waals surface area contributed by atoms with Crippen molar-refractivity contribution >= 4 is 29.3 Å². The van der Waals surface area contributed by atoms with Crippen molar-refractivity contribution in [2.75, 3.05) is 11.5 Å². The van der Waals surface area contributed by atoms with Gasteiger partial charge in [-0.2, -0.15) is 0 Å². The van der Waals surface area contributed by atoms with Gasteiger partial charge in [0.15, 0.2) is 0 Å². The van der Waals surface area contributed by atoms with Crippen LogP contribution >= 0.6 is 23.5 Å². The van der Waals surface area contributed by atoms with Crippen LogP contribution in [0.25, 0.3) is 0 Å². The molecule has 0 rings (SSSR count). The van der Waals surface area contributed by atoms with E-state index in [0.29, 0.717) is 0 Å². The topological polar surface area (TPSA) is 17.1 Å². The molecule has 0 saturated heterocycles. The highest BCUT2D eigenvalue weighted by Crippen LogP contribution is 2.50. The van der Waals surface area contributed by atoms with E-state index in [1.165, 1.54) is 0 Å². The summed E-state index contributed by atoms with van der Waals surface area (Å²) in [5.41, 5.74) is -0.256. The lowest BCUT2D eigenvalue weighted by Gasteiger charge is -2.41. The summed E-state index contributed by atoms with van der Waals surface area (Å²) < 4.78 is 0.00231. The van der Waals surface area contributed by atoms with Crippen LogP contribution in [0, 0.1) is 5.41 Å². The third-order valence-corrected chi connectivity index (χ3v) is 6.26. The molecule has 84 valence electrons. The number of rotatable bonds is 6. The van der Waals surface area contributed by atoms with E-state index in [2.05, 4.69) is 34.6 Å². The van der Waals surface area contributed by atoms with E-state index in [1.54, 1.807) is 6.92 Å². The molecule has 0 aromatic carbocycles. The lowest BCUT2D eigenvalue weighted by molar-refractivity contribution is -0.125. The third kappa shape index (κ3) is 2.93. The number of carbonyl (C=O) groups excluding carboxylic acids is 1. The zero-order chi connectivity index (χ0) is 11.4. The van der Waals surface area contributed by atoms with Crippen molar-refractivity contribution in [3.63, 3.8) is 0 Å². The zero-order valence-corrected chi connectivity index (χ0v) is 11.8. The Bertz CT molecular complexity index is 193. The SMILES string of the molecule is CCSC(C)(SCC)C(C)(C)C(C)=O. The van der Waals surface area contributed by atoms with Crippen molar-refractivity contribution in [2.45, 2.75) is 45.6 Å². The Morgan fingerprint density at radius 1 is 1.07 bits per heavy atom. The number of carbonyl (C=O) groups is 1. The van der Waals surface area contributed by atoms with E-state index >= 15 is 0 Å². The van der Waals surface area contributed by atoms with Crippen LogP contribution in [0.2, 0.25) is 0 Å². The highest BCUT2D eigenvalue weighted by molar-refractivity contribution is 8.18. The maximum Gasteiger partial charge on any atom is 0.137 e. The van der Waals surface area contributed by atoms with Gasteiger partial charge in [-0.3, -0.25) is 4.79 Å². The summed E-state index contributed by atoms with van der Waals surface area (Å²) in [5, 5.41) is 0. The Kier molecular flexibility index (Phi) is 5.60. The van der Waals surface area contributed by atoms with Gasteiger partial charge in [-0.25, -0.2) is 0 Å². The number of hydrogen-bond donors (Lipinski definition) is 0. The van der Waals surface area contributed by atoms with Crippen molar-refractivity contribution in [2.24, 2.45) is 5.41 Å². The summed E-state index contributed by atoms with van der Waals surface area (Å²) in [6.07, 6.45) is 0. The molecule has 0 aromatic rings. The quantitative estimate of drug-likeness (QED) is 0.650. The smallest absolute Gasteiger partial charge is 0.137 e. The standard InChI is InChI=1S/C11H22OS2/c1-7-13-11(6,14-8-2)10(4,5)9(3)12/h7-8H2,1-6H3. The highest BCUT2D eigenvalue weighted by atomic mass is 32.2. The molecule has 14 heavy (non-hydrogen) atoms. The van der Waals surface area contributed by atoms with Crippen molar-refractivity contribution < 1.29 is 4.79 Å². The van der Waals surface area contributed by atoms with Crippen LogP contribution in [0.1, 0.15) is 41.5 Å². The average molecular weight is 234 g/mol. The Balaban J connectivity index is 4.87. The van der Waals surface area contributed by atoms with Gasteiger partial charge in [-0.15, -0.1) is 23.5 Å². The Labute approximate surface area is 96.8 Å². The molecule has 0 unspecified atom stereocenters. The average Bonchev–Trinajstić information content (AvgIpc) is 2.04. The fourth-order valence-electron chi connectivity index (χ4n) is 1.27. The van der Waals surface area contributed by atoms with Gasteiger partial charge in [0, 0.05) is 5.41 Å². The lowest BCUT2D eigenvalue weighted by atomic mass is 9.85. The van der Waals surface area contributed by atoms with Gasteiger partial charge in [0.1, 0.15) is 5.78 Å². The molecule has 1 nitrogen and oxygen atoms in total. The fraction of sp³-hybridized carbons (Fsp3) is 0.909. The fourth-order valence-corrected chi connectivity index (χ4v) is 4.42. The van der Waals surface area contributed by atoms with Gasteiger partial charge in [0.05, 0.1) is 4.08 Å². The van der Waals surface area contributed by atoms with Crippen LogP contribution in [0.3, 0.4) is 0 Å². The first kappa shape index (κ1) is 14.4. The summed E-state index contributed by atoms with van der Waals surface area (Å²) in [5.74, 6) is 2.39. The molecule has 0 radical (unpaired) electrons. The minimum Gasteiger partial charge on any atom is -0.299 e. The van der Waals surface area contributed by atoms with Crippen molar-refractivity contribution in [3.05, 3.63) is 0 Å². The first-order valence-electron chi connectivity index (χ1n) is 5.10. The molecule has 0 aliphatic rings. The largest absolute Gasteiger partial charge is 0.299 e. The van der Waals surface area contributed by atoms with Crippen molar-refractivity contribution in [3.8, 4) is 0 Å². The molecule has 0 aromatic heterocycles. The van der Waals surface area contributed by atoms with Gasteiger partial charge in [0.2, 0.25) is 0 Å². The molecule has 0 aliphatic carbocycles. The molecular weight excluding hydrogens is 212 g/mol. The maximum atomic E-state index is 11.6. The number of Topliss-reactive ketones (excluding diaryl/α,β-unsaturated/α-hetero) is 1. The summed E-state index contributed by atoms with van der Waals surface area (Å²) in [4.78, 5) is 11.6. The van der Waals surface area contributed by atoms with E-state index in [9.17, 15) is 4.79 Å². The molecule has 0 saturated carbocycles. The number of hydrogen-bond acceptors (Lipinski definition) is 3. The molecule has 3 heteroatoms. The monoisotopic (exact) mass is 234 g/mol. The summed E-state index contributed by atoms with van der Waals surface area (Å²) in [7, 11) is 0. The first-order chi connectivity index (χ1) is 6.31. The van der Waals surface area contributed by atoms with Crippen LogP contribution < -0.4 is 0 Å². The second kappa shape index (κ2) is 5.45. The van der Waals surface area contributed by atoms with Gasteiger partial charge < -0.3 is 0 Å². The Hall–Kier alpha value is 0.370. The van der Waals surface area contributed by atoms with E-state index < -0.39 is 0 Å². The number of ketones is 1. The van der Waals surface area contributed by atoms with E-state index in [4.69, 9.17) is 0 Å². The molecule has 0 heterocycles. The predicted molar refractivity (Wildman–Crippen MR) is 69.1 cm³/mol. The zero-order valence-electron chi connectivity index (χ0n) is 10.1. The highest BCUT2D eigenvalue weighted by Gasteiger charge is 2.44. The molecule has 0 spiro atoms. The molecule has 0 aliphatic heterocycles. The summed E-state index contributed by atoms with van der Waals surface area (Å²) in [6, 6.07) is 0. The molecule has 0 atom stereocenters. The molecule has 0 N–H and O–H groups in total. The van der Waals surface area contributed by atoms with Gasteiger partial charge in [0.25, 0.3) is 0 Å². The number of thioether (sulfide) groups is 2. The Morgan fingerprint density at radius 2 is 1.43 bits per heavy atom. The van der Waals surface area contributed by atoms with Crippen molar-refractivity contribution in [1.29, 1.82) is 0 Å². The lowest BCUT2D eigenvalue weighted by Crippen LogP contribution is -2.41. The second-order valence-electron chi connectivity index (χ2n) is 3.99. The van der Waals surface area contributed by atoms with Gasteiger partial charge in [-0.1, -0.05) is 27.7 Å². The van der Waals surface area contributed by atoms with E-state index in [0.717, 1.165) is 11.5 Å². The first-order valence-corrected chi connectivity index (χ1v) is 7.08. The maximum absolute atomic E-state index is 11.6. The second-order valence-corrected chi connectivity index (χ2v) is 7.62. The third-order valence-electron chi connectivity index (χ3n) is 2.86.